The summed E-state index contributed by atoms with van der Waals surface area (Å²) in [6.07, 6.45) is 2.83. The molecule has 0 radical (unpaired) electrons. The minimum absolute atomic E-state index is 0.0172. The van der Waals surface area contributed by atoms with Gasteiger partial charge in [0.2, 0.25) is 5.91 Å². The summed E-state index contributed by atoms with van der Waals surface area (Å²) in [7, 11) is 0. The number of carbonyl (C=O) groups excluding carboxylic acids is 1. The summed E-state index contributed by atoms with van der Waals surface area (Å²) in [4.78, 5) is 14.9. The molecule has 1 aromatic heterocycles. The highest BCUT2D eigenvalue weighted by atomic mass is 16.5. The van der Waals surface area contributed by atoms with E-state index in [0.29, 0.717) is 18.5 Å². The summed E-state index contributed by atoms with van der Waals surface area (Å²) >= 11 is 0. The SMILES string of the molecule is CC(C)N1C[C@H]2OCC[C@H]2[C@H](C(=O)NCc2ccco2)C1. The van der Waals surface area contributed by atoms with Gasteiger partial charge in [0.1, 0.15) is 5.76 Å². The van der Waals surface area contributed by atoms with Crippen molar-refractivity contribution < 1.29 is 13.9 Å². The number of carbonyl (C=O) groups is 1. The van der Waals surface area contributed by atoms with Crippen molar-refractivity contribution in [1.82, 2.24) is 10.2 Å². The Kier molecular flexibility index (Phi) is 4.31. The molecular formula is C16H24N2O3. The standard InChI is InChI=1S/C16H24N2O3/c1-11(2)18-9-14(13-5-7-21-15(13)10-18)16(19)17-8-12-4-3-6-20-12/h3-4,6,11,13-15H,5,7-10H2,1-2H3,(H,17,19)/t13-,14+,15+/m0/s1. The van der Waals surface area contributed by atoms with Crippen molar-refractivity contribution in [2.45, 2.75) is 39.0 Å². The lowest BCUT2D eigenvalue weighted by Gasteiger charge is -2.41. The second-order valence-corrected chi connectivity index (χ2v) is 6.31. The van der Waals surface area contributed by atoms with Gasteiger partial charge in [-0.05, 0) is 32.4 Å². The molecule has 0 bridgehead atoms. The second-order valence-electron chi connectivity index (χ2n) is 6.31. The van der Waals surface area contributed by atoms with Crippen molar-refractivity contribution >= 4 is 5.91 Å². The molecule has 3 heterocycles. The average molecular weight is 292 g/mol. The normalized spacial score (nSPS) is 29.6. The Hall–Kier alpha value is -1.33. The van der Waals surface area contributed by atoms with Crippen LogP contribution in [-0.4, -0.2) is 42.6 Å². The Balaban J connectivity index is 1.64. The van der Waals surface area contributed by atoms with E-state index in [2.05, 4.69) is 24.1 Å². The first-order valence-electron chi connectivity index (χ1n) is 7.81. The van der Waals surface area contributed by atoms with E-state index in [9.17, 15) is 4.79 Å². The summed E-state index contributed by atoms with van der Waals surface area (Å²) in [5.74, 6) is 1.29. The Morgan fingerprint density at radius 3 is 3.05 bits per heavy atom. The average Bonchev–Trinajstić information content (AvgIpc) is 3.14. The molecule has 1 N–H and O–H groups in total. The first-order valence-corrected chi connectivity index (χ1v) is 7.81. The highest BCUT2D eigenvalue weighted by Gasteiger charge is 2.44. The van der Waals surface area contributed by atoms with E-state index in [1.165, 1.54) is 0 Å². The van der Waals surface area contributed by atoms with Crippen LogP contribution in [0.1, 0.15) is 26.0 Å². The van der Waals surface area contributed by atoms with Gasteiger partial charge in [-0.1, -0.05) is 0 Å². The van der Waals surface area contributed by atoms with Crippen LogP contribution in [0, 0.1) is 11.8 Å². The van der Waals surface area contributed by atoms with E-state index in [4.69, 9.17) is 9.15 Å². The number of nitrogens with one attached hydrogen (secondary N) is 1. The largest absolute Gasteiger partial charge is 0.467 e. The fraction of sp³-hybridized carbons (Fsp3) is 0.688. The van der Waals surface area contributed by atoms with Crippen LogP contribution in [-0.2, 0) is 16.1 Å². The lowest BCUT2D eigenvalue weighted by molar-refractivity contribution is -0.131. The predicted molar refractivity (Wildman–Crippen MR) is 78.6 cm³/mol. The molecule has 1 amide bonds. The van der Waals surface area contributed by atoms with Crippen LogP contribution in [0.25, 0.3) is 0 Å². The minimum Gasteiger partial charge on any atom is -0.467 e. The number of piperidine rings is 1. The van der Waals surface area contributed by atoms with E-state index < -0.39 is 0 Å². The molecule has 0 saturated carbocycles. The molecule has 2 fully saturated rings. The lowest BCUT2D eigenvalue weighted by atomic mass is 9.81. The zero-order valence-corrected chi connectivity index (χ0v) is 12.7. The summed E-state index contributed by atoms with van der Waals surface area (Å²) in [6, 6.07) is 4.16. The molecule has 0 aliphatic carbocycles. The molecule has 5 heteroatoms. The van der Waals surface area contributed by atoms with Crippen molar-refractivity contribution in [1.29, 1.82) is 0 Å². The highest BCUT2D eigenvalue weighted by Crippen LogP contribution is 2.34. The van der Waals surface area contributed by atoms with Gasteiger partial charge < -0.3 is 14.5 Å². The van der Waals surface area contributed by atoms with Crippen LogP contribution < -0.4 is 5.32 Å². The van der Waals surface area contributed by atoms with E-state index >= 15 is 0 Å². The molecule has 3 rings (SSSR count). The van der Waals surface area contributed by atoms with Crippen molar-refractivity contribution in [2.24, 2.45) is 11.8 Å². The first-order chi connectivity index (χ1) is 10.1. The number of hydrogen-bond donors (Lipinski definition) is 1. The third kappa shape index (κ3) is 3.14. The smallest absolute Gasteiger partial charge is 0.225 e. The summed E-state index contributed by atoms with van der Waals surface area (Å²) in [5, 5.41) is 3.01. The Morgan fingerprint density at radius 1 is 1.48 bits per heavy atom. The van der Waals surface area contributed by atoms with E-state index in [1.54, 1.807) is 6.26 Å². The van der Waals surface area contributed by atoms with Gasteiger partial charge >= 0.3 is 0 Å². The first kappa shape index (κ1) is 14.6. The number of furan rings is 1. The van der Waals surface area contributed by atoms with Crippen molar-refractivity contribution in [3.05, 3.63) is 24.2 Å². The Morgan fingerprint density at radius 2 is 2.33 bits per heavy atom. The molecular weight excluding hydrogens is 268 g/mol. The van der Waals surface area contributed by atoms with Crippen LogP contribution in [0.4, 0.5) is 0 Å². The van der Waals surface area contributed by atoms with E-state index in [-0.39, 0.29) is 17.9 Å². The molecule has 2 aliphatic rings. The quantitative estimate of drug-likeness (QED) is 0.916. The third-order valence-electron chi connectivity index (χ3n) is 4.71. The highest BCUT2D eigenvalue weighted by molar-refractivity contribution is 5.79. The maximum absolute atomic E-state index is 12.6. The third-order valence-corrected chi connectivity index (χ3v) is 4.71. The van der Waals surface area contributed by atoms with Crippen molar-refractivity contribution in [3.8, 4) is 0 Å². The van der Waals surface area contributed by atoms with Gasteiger partial charge in [-0.25, -0.2) is 0 Å². The number of ether oxygens (including phenoxy) is 1. The number of rotatable bonds is 4. The topological polar surface area (TPSA) is 54.7 Å². The van der Waals surface area contributed by atoms with Gasteiger partial charge in [0.25, 0.3) is 0 Å². The van der Waals surface area contributed by atoms with Crippen molar-refractivity contribution in [3.63, 3.8) is 0 Å². The zero-order valence-electron chi connectivity index (χ0n) is 12.7. The molecule has 2 aliphatic heterocycles. The fourth-order valence-corrected chi connectivity index (χ4v) is 3.42. The van der Waals surface area contributed by atoms with Crippen LogP contribution in [0.5, 0.6) is 0 Å². The maximum atomic E-state index is 12.6. The molecule has 0 aromatic carbocycles. The minimum atomic E-state index is 0.0172. The van der Waals surface area contributed by atoms with Gasteiger partial charge in [0.15, 0.2) is 0 Å². The Labute approximate surface area is 125 Å². The molecule has 2 saturated heterocycles. The number of fused-ring (bicyclic) bond motifs is 1. The lowest BCUT2D eigenvalue weighted by Crippen LogP contribution is -2.54. The fourth-order valence-electron chi connectivity index (χ4n) is 3.42. The van der Waals surface area contributed by atoms with Crippen LogP contribution in [0.3, 0.4) is 0 Å². The maximum Gasteiger partial charge on any atom is 0.225 e. The molecule has 21 heavy (non-hydrogen) atoms. The molecule has 5 nitrogen and oxygen atoms in total. The molecule has 116 valence electrons. The molecule has 0 spiro atoms. The van der Waals surface area contributed by atoms with Gasteiger partial charge in [0.05, 0.1) is 24.8 Å². The summed E-state index contributed by atoms with van der Waals surface area (Å²) in [5.41, 5.74) is 0. The number of likely N-dealkylation sites (tertiary alicyclic amines) is 1. The monoisotopic (exact) mass is 292 g/mol. The Bertz CT molecular complexity index is 472. The van der Waals surface area contributed by atoms with Gasteiger partial charge in [-0.15, -0.1) is 0 Å². The molecule has 1 aromatic rings. The van der Waals surface area contributed by atoms with E-state index in [1.807, 2.05) is 12.1 Å². The number of hydrogen-bond acceptors (Lipinski definition) is 4. The van der Waals surface area contributed by atoms with Crippen LogP contribution in [0.15, 0.2) is 22.8 Å². The van der Waals surface area contributed by atoms with Crippen LogP contribution >= 0.6 is 0 Å². The number of amides is 1. The second kappa shape index (κ2) is 6.20. The summed E-state index contributed by atoms with van der Waals surface area (Å²) < 4.78 is 11.1. The van der Waals surface area contributed by atoms with Crippen LogP contribution in [0.2, 0.25) is 0 Å². The summed E-state index contributed by atoms with van der Waals surface area (Å²) in [6.45, 7) is 7.36. The van der Waals surface area contributed by atoms with Crippen molar-refractivity contribution in [2.75, 3.05) is 19.7 Å². The molecule has 3 atom stereocenters. The van der Waals surface area contributed by atoms with Gasteiger partial charge in [0, 0.05) is 31.7 Å². The number of nitrogens with zero attached hydrogens (tertiary/aromatic N) is 1. The molecule has 0 unspecified atom stereocenters. The predicted octanol–water partition coefficient (Wildman–Crippen LogP) is 1.64. The van der Waals surface area contributed by atoms with Gasteiger partial charge in [-0.2, -0.15) is 0 Å². The van der Waals surface area contributed by atoms with Gasteiger partial charge in [-0.3, -0.25) is 9.69 Å². The van der Waals surface area contributed by atoms with E-state index in [0.717, 1.165) is 31.9 Å². The zero-order chi connectivity index (χ0) is 14.8.